The average molecular weight is 303 g/mol. The molecule has 2 rings (SSSR count). The highest BCUT2D eigenvalue weighted by atomic mass is 32.2. The smallest absolute Gasteiger partial charge is 0.235 e. The van der Waals surface area contributed by atoms with Gasteiger partial charge in [0.15, 0.2) is 5.16 Å². The highest BCUT2D eigenvalue weighted by Gasteiger charge is 2.18. The first-order valence-corrected chi connectivity index (χ1v) is 7.82. The number of amides is 1. The van der Waals surface area contributed by atoms with Crippen molar-refractivity contribution in [2.45, 2.75) is 30.7 Å². The predicted molar refractivity (Wildman–Crippen MR) is 86.6 cm³/mol. The van der Waals surface area contributed by atoms with Crippen molar-refractivity contribution in [3.63, 3.8) is 0 Å². The number of thioether (sulfide) groups is 1. The fraction of sp³-hybridized carbons (Fsp3) is 0.375. The summed E-state index contributed by atoms with van der Waals surface area (Å²) in [5.41, 5.74) is 3.33. The number of H-pyrrole nitrogens is 1. The summed E-state index contributed by atoms with van der Waals surface area (Å²) in [6.45, 7) is 3.93. The van der Waals surface area contributed by atoms with Crippen molar-refractivity contribution in [3.05, 3.63) is 47.3 Å². The van der Waals surface area contributed by atoms with Crippen molar-refractivity contribution < 1.29 is 4.79 Å². The molecule has 1 atom stereocenters. The van der Waals surface area contributed by atoms with Crippen LogP contribution in [0, 0.1) is 6.92 Å². The molecule has 0 saturated carbocycles. The maximum Gasteiger partial charge on any atom is 0.235 e. The van der Waals surface area contributed by atoms with E-state index in [0.717, 1.165) is 23.0 Å². The van der Waals surface area contributed by atoms with E-state index in [-0.39, 0.29) is 11.2 Å². The Bertz CT molecular complexity index is 607. The van der Waals surface area contributed by atoms with E-state index >= 15 is 0 Å². The minimum atomic E-state index is -0.143. The third-order valence-corrected chi connectivity index (χ3v) is 4.23. The predicted octanol–water partition coefficient (Wildman–Crippen LogP) is 2.88. The van der Waals surface area contributed by atoms with Crippen LogP contribution in [0.15, 0.2) is 35.5 Å². The number of hydrogen-bond donors (Lipinski definition) is 1. The van der Waals surface area contributed by atoms with Gasteiger partial charge in [-0.05, 0) is 19.4 Å². The molecule has 1 unspecified atom stereocenters. The van der Waals surface area contributed by atoms with Crippen LogP contribution in [-0.4, -0.2) is 40.1 Å². The monoisotopic (exact) mass is 303 g/mol. The van der Waals surface area contributed by atoms with E-state index in [1.165, 1.54) is 17.3 Å². The van der Waals surface area contributed by atoms with Gasteiger partial charge in [0.1, 0.15) is 0 Å². The normalized spacial score (nSPS) is 12.2. The number of aromatic nitrogens is 2. The second-order valence-corrected chi connectivity index (χ2v) is 6.60. The second kappa shape index (κ2) is 6.80. The molecule has 2 aromatic rings. The van der Waals surface area contributed by atoms with Crippen LogP contribution in [-0.2, 0) is 11.2 Å². The van der Waals surface area contributed by atoms with E-state index < -0.39 is 0 Å². The molecule has 0 fully saturated rings. The lowest BCUT2D eigenvalue weighted by Gasteiger charge is -2.14. The lowest BCUT2D eigenvalue weighted by molar-refractivity contribution is -0.127. The van der Waals surface area contributed by atoms with Crippen LogP contribution >= 0.6 is 11.8 Å². The Kier molecular flexibility index (Phi) is 5.07. The topological polar surface area (TPSA) is 49.0 Å². The Balaban J connectivity index is 2.07. The van der Waals surface area contributed by atoms with Crippen LogP contribution in [0.5, 0.6) is 0 Å². The number of imidazole rings is 1. The summed E-state index contributed by atoms with van der Waals surface area (Å²) < 4.78 is 0. The van der Waals surface area contributed by atoms with E-state index in [2.05, 4.69) is 22.1 Å². The van der Waals surface area contributed by atoms with Gasteiger partial charge in [0.25, 0.3) is 0 Å². The molecule has 1 aromatic heterocycles. The van der Waals surface area contributed by atoms with Gasteiger partial charge >= 0.3 is 0 Å². The molecule has 1 aromatic carbocycles. The maximum atomic E-state index is 11.9. The Hall–Kier alpha value is -1.75. The molecule has 0 bridgehead atoms. The lowest BCUT2D eigenvalue weighted by Crippen LogP contribution is -2.29. The molecule has 0 aliphatic carbocycles. The Morgan fingerprint density at radius 1 is 1.33 bits per heavy atom. The highest BCUT2D eigenvalue weighted by Crippen LogP contribution is 2.23. The first-order chi connectivity index (χ1) is 9.97. The molecule has 0 spiro atoms. The summed E-state index contributed by atoms with van der Waals surface area (Å²) in [7, 11) is 3.54. The molecule has 112 valence electrons. The van der Waals surface area contributed by atoms with E-state index in [9.17, 15) is 4.79 Å². The van der Waals surface area contributed by atoms with Gasteiger partial charge in [-0.3, -0.25) is 4.79 Å². The molecule has 0 aliphatic heterocycles. The van der Waals surface area contributed by atoms with Gasteiger partial charge in [-0.1, -0.05) is 42.1 Å². The summed E-state index contributed by atoms with van der Waals surface area (Å²) >= 11 is 1.47. The zero-order chi connectivity index (χ0) is 15.4. The van der Waals surface area contributed by atoms with Crippen molar-refractivity contribution in [2.75, 3.05) is 14.1 Å². The number of carbonyl (C=O) groups is 1. The van der Waals surface area contributed by atoms with Crippen LogP contribution in [0.3, 0.4) is 0 Å². The summed E-state index contributed by atoms with van der Waals surface area (Å²) in [6, 6.07) is 10.3. The van der Waals surface area contributed by atoms with Gasteiger partial charge in [-0.2, -0.15) is 0 Å². The molecule has 21 heavy (non-hydrogen) atoms. The molecular weight excluding hydrogens is 282 g/mol. The first kappa shape index (κ1) is 15.6. The first-order valence-electron chi connectivity index (χ1n) is 6.94. The number of rotatable bonds is 5. The Morgan fingerprint density at radius 2 is 2.00 bits per heavy atom. The van der Waals surface area contributed by atoms with Crippen LogP contribution in [0.25, 0.3) is 0 Å². The molecule has 5 heteroatoms. The van der Waals surface area contributed by atoms with Gasteiger partial charge in [0.05, 0.1) is 10.9 Å². The highest BCUT2D eigenvalue weighted by molar-refractivity contribution is 8.00. The Morgan fingerprint density at radius 3 is 2.62 bits per heavy atom. The molecular formula is C16H21N3OS. The number of nitrogens with zero attached hydrogens (tertiary/aromatic N) is 2. The summed E-state index contributed by atoms with van der Waals surface area (Å²) in [6.07, 6.45) is 0.805. The zero-order valence-electron chi connectivity index (χ0n) is 12.9. The van der Waals surface area contributed by atoms with Gasteiger partial charge in [-0.15, -0.1) is 0 Å². The van der Waals surface area contributed by atoms with Crippen molar-refractivity contribution in [1.82, 2.24) is 14.9 Å². The number of carbonyl (C=O) groups excluding carboxylic acids is 1. The van der Waals surface area contributed by atoms with E-state index in [1.54, 1.807) is 19.0 Å². The molecule has 0 aliphatic rings. The fourth-order valence-electron chi connectivity index (χ4n) is 2.07. The summed E-state index contributed by atoms with van der Waals surface area (Å²) in [4.78, 5) is 21.4. The van der Waals surface area contributed by atoms with E-state index in [0.29, 0.717) is 0 Å². The van der Waals surface area contributed by atoms with Gasteiger partial charge in [0.2, 0.25) is 5.91 Å². The molecule has 0 saturated heterocycles. The Labute approximate surface area is 130 Å². The number of nitrogens with one attached hydrogen (secondary N) is 1. The standard InChI is InChI=1S/C16H21N3OS/c1-11-14(10-13-8-6-5-7-9-13)18-16(17-11)21-12(2)15(20)19(3)4/h5-9,12H,10H2,1-4H3,(H,17,18). The number of aromatic amines is 1. The third-order valence-electron chi connectivity index (χ3n) is 3.26. The summed E-state index contributed by atoms with van der Waals surface area (Å²) in [5, 5.41) is 0.663. The molecule has 0 radical (unpaired) electrons. The number of hydrogen-bond acceptors (Lipinski definition) is 3. The minimum absolute atomic E-state index is 0.0960. The van der Waals surface area contributed by atoms with Gasteiger partial charge in [-0.25, -0.2) is 4.98 Å². The largest absolute Gasteiger partial charge is 0.348 e. The maximum absolute atomic E-state index is 11.9. The van der Waals surface area contributed by atoms with E-state index in [1.807, 2.05) is 32.0 Å². The molecule has 1 N–H and O–H groups in total. The van der Waals surface area contributed by atoms with Crippen LogP contribution < -0.4 is 0 Å². The summed E-state index contributed by atoms with van der Waals surface area (Å²) in [5.74, 6) is 0.0960. The van der Waals surface area contributed by atoms with Crippen molar-refractivity contribution in [1.29, 1.82) is 0 Å². The van der Waals surface area contributed by atoms with Crippen molar-refractivity contribution >= 4 is 17.7 Å². The minimum Gasteiger partial charge on any atom is -0.348 e. The molecule has 1 heterocycles. The number of aryl methyl sites for hydroxylation is 1. The zero-order valence-corrected chi connectivity index (χ0v) is 13.7. The quantitative estimate of drug-likeness (QED) is 0.864. The average Bonchev–Trinajstić information content (AvgIpc) is 2.78. The van der Waals surface area contributed by atoms with Crippen LogP contribution in [0.1, 0.15) is 23.9 Å². The van der Waals surface area contributed by atoms with Crippen molar-refractivity contribution in [3.8, 4) is 0 Å². The number of benzene rings is 1. The van der Waals surface area contributed by atoms with Crippen LogP contribution in [0.2, 0.25) is 0 Å². The van der Waals surface area contributed by atoms with Gasteiger partial charge in [0, 0.05) is 26.2 Å². The lowest BCUT2D eigenvalue weighted by atomic mass is 10.1. The van der Waals surface area contributed by atoms with Crippen LogP contribution in [0.4, 0.5) is 0 Å². The van der Waals surface area contributed by atoms with Crippen molar-refractivity contribution in [2.24, 2.45) is 0 Å². The SMILES string of the molecule is Cc1[nH]c(SC(C)C(=O)N(C)C)nc1Cc1ccccc1. The second-order valence-electron chi connectivity index (χ2n) is 5.27. The third kappa shape index (κ3) is 4.11. The molecule has 4 nitrogen and oxygen atoms in total. The molecule has 1 amide bonds. The van der Waals surface area contributed by atoms with Gasteiger partial charge < -0.3 is 9.88 Å². The fourth-order valence-corrected chi connectivity index (χ4v) is 3.09. The van der Waals surface area contributed by atoms with E-state index in [4.69, 9.17) is 0 Å².